The van der Waals surface area contributed by atoms with E-state index in [1.54, 1.807) is 4.31 Å². The molecule has 0 bridgehead atoms. The maximum atomic E-state index is 11.5. The van der Waals surface area contributed by atoms with E-state index in [1.807, 2.05) is 19.3 Å². The third-order valence-corrected chi connectivity index (χ3v) is 5.20. The minimum Gasteiger partial charge on any atom is -0.353 e. The van der Waals surface area contributed by atoms with Crippen molar-refractivity contribution in [3.8, 4) is 0 Å². The van der Waals surface area contributed by atoms with Crippen molar-refractivity contribution in [1.82, 2.24) is 14.2 Å². The molecule has 1 aromatic rings. The Labute approximate surface area is 115 Å². The first-order chi connectivity index (χ1) is 8.88. The first-order valence-electron chi connectivity index (χ1n) is 6.66. The molecule has 5 nitrogen and oxygen atoms in total. The van der Waals surface area contributed by atoms with Gasteiger partial charge in [-0.25, -0.2) is 12.7 Å². The highest BCUT2D eigenvalue weighted by Crippen LogP contribution is 2.19. The average molecular weight is 285 g/mol. The Morgan fingerprint density at radius 2 is 2.21 bits per heavy atom. The lowest BCUT2D eigenvalue weighted by Gasteiger charge is -2.36. The van der Waals surface area contributed by atoms with Crippen molar-refractivity contribution in [3.05, 3.63) is 24.0 Å². The van der Waals surface area contributed by atoms with Crippen LogP contribution in [0, 0.1) is 5.92 Å². The van der Waals surface area contributed by atoms with E-state index >= 15 is 0 Å². The predicted octanol–water partition coefficient (Wildman–Crippen LogP) is 0.785. The van der Waals surface area contributed by atoms with Crippen molar-refractivity contribution >= 4 is 10.0 Å². The van der Waals surface area contributed by atoms with Gasteiger partial charge in [-0.05, 0) is 24.5 Å². The second kappa shape index (κ2) is 5.64. The fourth-order valence-corrected chi connectivity index (χ4v) is 3.57. The number of hydrogen-bond acceptors (Lipinski definition) is 3. The van der Waals surface area contributed by atoms with E-state index in [0.29, 0.717) is 25.0 Å². The van der Waals surface area contributed by atoms with E-state index in [2.05, 4.69) is 22.9 Å². The molecule has 1 saturated heterocycles. The van der Waals surface area contributed by atoms with Crippen LogP contribution in [0.15, 0.2) is 18.3 Å². The molecule has 1 aromatic heterocycles. The first kappa shape index (κ1) is 14.6. The Balaban J connectivity index is 1.89. The van der Waals surface area contributed by atoms with Crippen LogP contribution in [0.1, 0.15) is 19.0 Å². The summed E-state index contributed by atoms with van der Waals surface area (Å²) in [5, 5.41) is 3.54. The molecule has 108 valence electrons. The zero-order valence-corrected chi connectivity index (χ0v) is 12.7. The number of nitrogens with one attached hydrogen (secondary N) is 1. The Bertz CT molecular complexity index is 524. The van der Waals surface area contributed by atoms with Crippen LogP contribution in [0.3, 0.4) is 0 Å². The molecule has 19 heavy (non-hydrogen) atoms. The second-order valence-corrected chi connectivity index (χ2v) is 7.47. The van der Waals surface area contributed by atoms with E-state index in [-0.39, 0.29) is 0 Å². The van der Waals surface area contributed by atoms with Gasteiger partial charge in [0.15, 0.2) is 0 Å². The minimum absolute atomic E-state index is 0.337. The maximum absolute atomic E-state index is 11.5. The van der Waals surface area contributed by atoms with E-state index < -0.39 is 10.0 Å². The van der Waals surface area contributed by atoms with Crippen molar-refractivity contribution in [1.29, 1.82) is 0 Å². The van der Waals surface area contributed by atoms with E-state index in [1.165, 1.54) is 11.9 Å². The number of aryl methyl sites for hydroxylation is 1. The van der Waals surface area contributed by atoms with E-state index in [9.17, 15) is 8.42 Å². The number of hydrogen-bond donors (Lipinski definition) is 1. The molecule has 1 fully saturated rings. The Morgan fingerprint density at radius 3 is 2.74 bits per heavy atom. The molecule has 2 heterocycles. The van der Waals surface area contributed by atoms with Gasteiger partial charge in [-0.1, -0.05) is 6.92 Å². The van der Waals surface area contributed by atoms with Crippen molar-refractivity contribution in [2.75, 3.05) is 19.3 Å². The van der Waals surface area contributed by atoms with Crippen LogP contribution in [0.5, 0.6) is 0 Å². The summed E-state index contributed by atoms with van der Waals surface area (Å²) in [6.45, 7) is 4.18. The number of piperidine rings is 1. The van der Waals surface area contributed by atoms with Gasteiger partial charge in [-0.2, -0.15) is 0 Å². The standard InChI is InChI=1S/C13H23N3O2S/c1-11-10-16(19(3,17)18)8-6-13(11)14-9-12-5-4-7-15(12)2/h4-5,7,11,13-14H,6,8-10H2,1-3H3/t11-,13-/m0/s1. The monoisotopic (exact) mass is 285 g/mol. The van der Waals surface area contributed by atoms with Gasteiger partial charge in [0.1, 0.15) is 0 Å². The third-order valence-electron chi connectivity index (χ3n) is 3.93. The van der Waals surface area contributed by atoms with Crippen LogP contribution >= 0.6 is 0 Å². The first-order valence-corrected chi connectivity index (χ1v) is 8.51. The van der Waals surface area contributed by atoms with Gasteiger partial charge in [0.2, 0.25) is 10.0 Å². The zero-order chi connectivity index (χ0) is 14.0. The van der Waals surface area contributed by atoms with Crippen molar-refractivity contribution < 1.29 is 8.42 Å². The quantitative estimate of drug-likeness (QED) is 0.889. The van der Waals surface area contributed by atoms with E-state index in [0.717, 1.165) is 13.0 Å². The summed E-state index contributed by atoms with van der Waals surface area (Å²) in [5.41, 5.74) is 1.25. The predicted molar refractivity (Wildman–Crippen MR) is 76.2 cm³/mol. The molecule has 0 aliphatic carbocycles. The van der Waals surface area contributed by atoms with Gasteiger partial charge < -0.3 is 9.88 Å². The molecule has 6 heteroatoms. The highest BCUT2D eigenvalue weighted by Gasteiger charge is 2.30. The highest BCUT2D eigenvalue weighted by molar-refractivity contribution is 7.88. The van der Waals surface area contributed by atoms with E-state index in [4.69, 9.17) is 0 Å². The second-order valence-electron chi connectivity index (χ2n) is 5.48. The molecule has 1 N–H and O–H groups in total. The van der Waals surface area contributed by atoms with Crippen LogP contribution < -0.4 is 5.32 Å². The molecular weight excluding hydrogens is 262 g/mol. The Kier molecular flexibility index (Phi) is 4.32. The summed E-state index contributed by atoms with van der Waals surface area (Å²) in [4.78, 5) is 0. The highest BCUT2D eigenvalue weighted by atomic mass is 32.2. The smallest absolute Gasteiger partial charge is 0.211 e. The lowest BCUT2D eigenvalue weighted by molar-refractivity contribution is 0.219. The Hall–Kier alpha value is -0.850. The van der Waals surface area contributed by atoms with Gasteiger partial charge in [0.05, 0.1) is 6.26 Å². The van der Waals surface area contributed by atoms with Gasteiger partial charge in [-0.15, -0.1) is 0 Å². The van der Waals surface area contributed by atoms with Gasteiger partial charge in [0, 0.05) is 44.6 Å². The van der Waals surface area contributed by atoms with Crippen LogP contribution in [0.4, 0.5) is 0 Å². The number of rotatable bonds is 4. The van der Waals surface area contributed by atoms with Crippen molar-refractivity contribution in [2.24, 2.45) is 13.0 Å². The Morgan fingerprint density at radius 1 is 1.47 bits per heavy atom. The lowest BCUT2D eigenvalue weighted by Crippen LogP contribution is -2.49. The normalized spacial score (nSPS) is 25.6. The summed E-state index contributed by atoms with van der Waals surface area (Å²) < 4.78 is 26.7. The summed E-state index contributed by atoms with van der Waals surface area (Å²) in [7, 11) is -1.01. The topological polar surface area (TPSA) is 54.3 Å². The van der Waals surface area contributed by atoms with Crippen LogP contribution in [0.25, 0.3) is 0 Å². The minimum atomic E-state index is -3.05. The van der Waals surface area contributed by atoms with Gasteiger partial charge in [-0.3, -0.25) is 0 Å². The molecule has 2 atom stereocenters. The molecule has 2 rings (SSSR count). The number of nitrogens with zero attached hydrogens (tertiary/aromatic N) is 2. The summed E-state index contributed by atoms with van der Waals surface area (Å²) in [6.07, 6.45) is 4.20. The van der Waals surface area contributed by atoms with Gasteiger partial charge in [0.25, 0.3) is 0 Å². The zero-order valence-electron chi connectivity index (χ0n) is 11.8. The number of sulfonamides is 1. The summed E-state index contributed by atoms with van der Waals surface area (Å²) in [6, 6.07) is 4.52. The summed E-state index contributed by atoms with van der Waals surface area (Å²) >= 11 is 0. The third kappa shape index (κ3) is 3.58. The largest absolute Gasteiger partial charge is 0.353 e. The molecule has 0 saturated carbocycles. The molecule has 1 aliphatic heterocycles. The summed E-state index contributed by atoms with van der Waals surface area (Å²) in [5.74, 6) is 0.337. The molecular formula is C13H23N3O2S. The molecule has 0 aromatic carbocycles. The molecule has 0 radical (unpaired) electrons. The molecule has 0 spiro atoms. The average Bonchev–Trinajstić information content (AvgIpc) is 2.72. The van der Waals surface area contributed by atoms with Crippen LogP contribution in [0.2, 0.25) is 0 Å². The molecule has 0 amide bonds. The van der Waals surface area contributed by atoms with Crippen molar-refractivity contribution in [3.63, 3.8) is 0 Å². The molecule has 0 unspecified atom stereocenters. The lowest BCUT2D eigenvalue weighted by atomic mass is 9.95. The SMILES string of the molecule is C[C@H]1CN(S(C)(=O)=O)CC[C@@H]1NCc1cccn1C. The van der Waals surface area contributed by atoms with Crippen molar-refractivity contribution in [2.45, 2.75) is 25.9 Å². The maximum Gasteiger partial charge on any atom is 0.211 e. The number of aromatic nitrogens is 1. The molecule has 1 aliphatic rings. The fraction of sp³-hybridized carbons (Fsp3) is 0.692. The van der Waals surface area contributed by atoms with Gasteiger partial charge >= 0.3 is 0 Å². The van der Waals surface area contributed by atoms with Crippen LogP contribution in [-0.2, 0) is 23.6 Å². The fourth-order valence-electron chi connectivity index (χ4n) is 2.63. The van der Waals surface area contributed by atoms with Crippen LogP contribution in [-0.4, -0.2) is 42.7 Å².